The molecule has 0 saturated carbocycles. The molecule has 6 nitrogen and oxygen atoms in total. The zero-order valence-corrected chi connectivity index (χ0v) is 16.4. The maximum absolute atomic E-state index is 12.1. The molecule has 0 heterocycles. The van der Waals surface area contributed by atoms with Crippen LogP contribution in [-0.2, 0) is 15.5 Å². The topological polar surface area (TPSA) is 81.7 Å². The summed E-state index contributed by atoms with van der Waals surface area (Å²) in [6.45, 7) is 0.195. The Morgan fingerprint density at radius 1 is 1.12 bits per heavy atom. The van der Waals surface area contributed by atoms with Crippen molar-refractivity contribution < 1.29 is 22.7 Å². The lowest BCUT2D eigenvalue weighted by Gasteiger charge is -2.13. The molecule has 1 amide bonds. The van der Waals surface area contributed by atoms with Gasteiger partial charge in [-0.25, -0.2) is 8.42 Å². The lowest BCUT2D eigenvalue weighted by atomic mass is 10.1. The molecular formula is C17H17Cl2NO5S. The quantitative estimate of drug-likeness (QED) is 0.699. The van der Waals surface area contributed by atoms with Crippen molar-refractivity contribution in [2.24, 2.45) is 0 Å². The fourth-order valence-electron chi connectivity index (χ4n) is 2.37. The number of amides is 1. The molecule has 2 rings (SSSR count). The number of hydrogen-bond donors (Lipinski definition) is 1. The zero-order chi connectivity index (χ0) is 19.3. The second-order valence-electron chi connectivity index (χ2n) is 5.27. The maximum Gasteiger partial charge on any atom is 0.261 e. The van der Waals surface area contributed by atoms with Crippen LogP contribution in [0.25, 0.3) is 0 Å². The minimum absolute atomic E-state index is 0.0891. The number of methoxy groups -OCH3 is 2. The first-order valence-corrected chi connectivity index (χ1v) is 10.2. The van der Waals surface area contributed by atoms with Crippen molar-refractivity contribution in [2.75, 3.05) is 20.8 Å². The summed E-state index contributed by atoms with van der Waals surface area (Å²) in [5, 5.41) is 3.16. The van der Waals surface area contributed by atoms with Crippen LogP contribution in [0.2, 0.25) is 5.02 Å². The third-order valence-electron chi connectivity index (χ3n) is 3.60. The molecule has 0 aliphatic carbocycles. The van der Waals surface area contributed by atoms with Gasteiger partial charge in [-0.1, -0.05) is 17.7 Å². The Morgan fingerprint density at radius 2 is 1.77 bits per heavy atom. The number of nitrogens with one attached hydrogen (secondary N) is 1. The Hall–Kier alpha value is -1.96. The minimum Gasteiger partial charge on any atom is -0.493 e. The van der Waals surface area contributed by atoms with E-state index < -0.39 is 9.05 Å². The van der Waals surface area contributed by atoms with Crippen LogP contribution < -0.4 is 14.8 Å². The second kappa shape index (κ2) is 8.62. The fourth-order valence-corrected chi connectivity index (χ4v) is 3.71. The lowest BCUT2D eigenvalue weighted by Crippen LogP contribution is -2.26. The van der Waals surface area contributed by atoms with Crippen LogP contribution in [0.3, 0.4) is 0 Å². The number of carbonyl (C=O) groups is 1. The summed E-state index contributed by atoms with van der Waals surface area (Å²) in [6.07, 6.45) is 0.230. The predicted octanol–water partition coefficient (Wildman–Crippen LogP) is 3.26. The number of rotatable bonds is 7. The first-order valence-electron chi connectivity index (χ1n) is 7.49. The zero-order valence-electron chi connectivity index (χ0n) is 14.1. The number of halogens is 2. The van der Waals surface area contributed by atoms with Gasteiger partial charge in [0.05, 0.1) is 19.1 Å². The van der Waals surface area contributed by atoms with Crippen molar-refractivity contribution >= 4 is 37.2 Å². The van der Waals surface area contributed by atoms with E-state index in [0.29, 0.717) is 21.9 Å². The highest BCUT2D eigenvalue weighted by Crippen LogP contribution is 2.34. The molecule has 0 aromatic heterocycles. The Bertz CT molecular complexity index is 915. The van der Waals surface area contributed by atoms with Gasteiger partial charge in [0.25, 0.3) is 15.0 Å². The minimum atomic E-state index is -3.99. The van der Waals surface area contributed by atoms with Crippen LogP contribution in [0.15, 0.2) is 41.3 Å². The number of hydrogen-bond acceptors (Lipinski definition) is 5. The molecule has 0 aliphatic rings. The van der Waals surface area contributed by atoms with Gasteiger partial charge in [-0.15, -0.1) is 0 Å². The molecule has 0 spiro atoms. The van der Waals surface area contributed by atoms with Gasteiger partial charge in [0.2, 0.25) is 0 Å². The molecule has 1 N–H and O–H groups in total. The SMILES string of the molecule is COc1cc(CCNC(=O)c2cccc(Cl)c2)c(S(=O)(=O)Cl)cc1OC. The molecule has 2 aromatic rings. The van der Waals surface area contributed by atoms with Crippen molar-refractivity contribution in [1.29, 1.82) is 0 Å². The molecule has 0 unspecified atom stereocenters. The molecule has 26 heavy (non-hydrogen) atoms. The summed E-state index contributed by atoms with van der Waals surface area (Å²) in [6, 6.07) is 9.34. The normalized spacial score (nSPS) is 11.1. The highest BCUT2D eigenvalue weighted by Gasteiger charge is 2.20. The van der Waals surface area contributed by atoms with Gasteiger partial charge in [0.15, 0.2) is 11.5 Å². The molecular weight excluding hydrogens is 401 g/mol. The third kappa shape index (κ3) is 5.03. The van der Waals surface area contributed by atoms with Crippen LogP contribution in [-0.4, -0.2) is 35.1 Å². The third-order valence-corrected chi connectivity index (χ3v) is 5.24. The molecule has 0 aliphatic heterocycles. The van der Waals surface area contributed by atoms with Crippen molar-refractivity contribution in [3.8, 4) is 11.5 Å². The molecule has 0 fully saturated rings. The van der Waals surface area contributed by atoms with E-state index in [1.807, 2.05) is 0 Å². The van der Waals surface area contributed by atoms with Gasteiger partial charge in [0, 0.05) is 33.9 Å². The highest BCUT2D eigenvalue weighted by atomic mass is 35.7. The van der Waals surface area contributed by atoms with Gasteiger partial charge in [0.1, 0.15) is 0 Å². The van der Waals surface area contributed by atoms with Crippen LogP contribution in [0.4, 0.5) is 0 Å². The lowest BCUT2D eigenvalue weighted by molar-refractivity contribution is 0.0954. The van der Waals surface area contributed by atoms with Crippen LogP contribution in [0, 0.1) is 0 Å². The van der Waals surface area contributed by atoms with E-state index in [1.54, 1.807) is 24.3 Å². The van der Waals surface area contributed by atoms with E-state index in [1.165, 1.54) is 26.4 Å². The smallest absolute Gasteiger partial charge is 0.261 e. The van der Waals surface area contributed by atoms with Gasteiger partial charge >= 0.3 is 0 Å². The van der Waals surface area contributed by atoms with E-state index in [4.69, 9.17) is 31.8 Å². The number of carbonyl (C=O) groups excluding carboxylic acids is 1. The van der Waals surface area contributed by atoms with Crippen molar-refractivity contribution in [3.05, 3.63) is 52.5 Å². The van der Waals surface area contributed by atoms with E-state index in [9.17, 15) is 13.2 Å². The van der Waals surface area contributed by atoms with Gasteiger partial charge in [-0.3, -0.25) is 4.79 Å². The first-order chi connectivity index (χ1) is 12.3. The summed E-state index contributed by atoms with van der Waals surface area (Å²) >= 11 is 5.86. The Kier molecular flexibility index (Phi) is 6.75. The van der Waals surface area contributed by atoms with Crippen LogP contribution in [0.5, 0.6) is 11.5 Å². The Labute approximate surface area is 161 Å². The maximum atomic E-state index is 12.1. The Balaban J connectivity index is 2.19. The predicted molar refractivity (Wildman–Crippen MR) is 100 cm³/mol. The van der Waals surface area contributed by atoms with E-state index in [2.05, 4.69) is 5.32 Å². The van der Waals surface area contributed by atoms with E-state index >= 15 is 0 Å². The summed E-state index contributed by atoms with van der Waals surface area (Å²) in [5.74, 6) is 0.300. The summed E-state index contributed by atoms with van der Waals surface area (Å²) in [4.78, 5) is 12.0. The standard InChI is InChI=1S/C17H17Cl2NO5S/c1-24-14-9-11(16(26(19,22)23)10-15(14)25-2)6-7-20-17(21)12-4-3-5-13(18)8-12/h3-5,8-10H,6-7H2,1-2H3,(H,20,21). The average Bonchev–Trinajstić information content (AvgIpc) is 2.60. The monoisotopic (exact) mass is 417 g/mol. The van der Waals surface area contributed by atoms with Gasteiger partial charge < -0.3 is 14.8 Å². The molecule has 0 saturated heterocycles. The number of ether oxygens (including phenoxy) is 2. The molecule has 0 radical (unpaired) electrons. The first kappa shape index (κ1) is 20.4. The van der Waals surface area contributed by atoms with Crippen molar-refractivity contribution in [2.45, 2.75) is 11.3 Å². The summed E-state index contributed by atoms with van der Waals surface area (Å²) < 4.78 is 34.0. The largest absolute Gasteiger partial charge is 0.493 e. The molecule has 9 heteroatoms. The summed E-state index contributed by atoms with van der Waals surface area (Å²) in [7, 11) is 4.36. The van der Waals surface area contributed by atoms with Crippen molar-refractivity contribution in [1.82, 2.24) is 5.32 Å². The molecule has 0 bridgehead atoms. The number of benzene rings is 2. The summed E-state index contributed by atoms with van der Waals surface area (Å²) in [5.41, 5.74) is 0.819. The van der Waals surface area contributed by atoms with Gasteiger partial charge in [-0.05, 0) is 36.2 Å². The molecule has 0 atom stereocenters. The van der Waals surface area contributed by atoms with Crippen molar-refractivity contribution in [3.63, 3.8) is 0 Å². The second-order valence-corrected chi connectivity index (χ2v) is 8.24. The molecule has 140 valence electrons. The van der Waals surface area contributed by atoms with E-state index in [-0.39, 0.29) is 29.5 Å². The van der Waals surface area contributed by atoms with Gasteiger partial charge in [-0.2, -0.15) is 0 Å². The average molecular weight is 418 g/mol. The molecule has 2 aromatic carbocycles. The van der Waals surface area contributed by atoms with Crippen LogP contribution >= 0.6 is 22.3 Å². The fraction of sp³-hybridized carbons (Fsp3) is 0.235. The Morgan fingerprint density at radius 3 is 2.35 bits per heavy atom. The van der Waals surface area contributed by atoms with Crippen LogP contribution in [0.1, 0.15) is 15.9 Å². The van der Waals surface area contributed by atoms with E-state index in [0.717, 1.165) is 0 Å². The highest BCUT2D eigenvalue weighted by molar-refractivity contribution is 8.13.